The van der Waals surface area contributed by atoms with Crippen LogP contribution in [0.1, 0.15) is 50.3 Å². The topological polar surface area (TPSA) is 74.2 Å². The third-order valence-corrected chi connectivity index (χ3v) is 8.90. The zero-order valence-corrected chi connectivity index (χ0v) is 21.1. The Morgan fingerprint density at radius 1 is 1.15 bits per heavy atom. The first-order chi connectivity index (χ1) is 15.9. The highest BCUT2D eigenvalue weighted by atomic mass is 32.2. The molecular weight excluding hydrogens is 460 g/mol. The van der Waals surface area contributed by atoms with Gasteiger partial charge in [0, 0.05) is 18.1 Å². The maximum atomic E-state index is 12.1. The molecule has 2 aliphatic rings. The number of carbonyl (C=O) groups excluding carboxylic acids is 1. The van der Waals surface area contributed by atoms with Crippen molar-refractivity contribution in [3.8, 4) is 28.7 Å². The molecule has 0 spiro atoms. The quantitative estimate of drug-likeness (QED) is 0.420. The number of hydrogen-bond acceptors (Lipinski definition) is 8. The van der Waals surface area contributed by atoms with Crippen LogP contribution in [0.15, 0.2) is 24.3 Å². The van der Waals surface area contributed by atoms with Crippen LogP contribution in [0.2, 0.25) is 0 Å². The van der Waals surface area contributed by atoms with Crippen molar-refractivity contribution in [3.05, 3.63) is 41.0 Å². The molecule has 1 N–H and O–H groups in total. The second-order valence-electron chi connectivity index (χ2n) is 8.27. The van der Waals surface area contributed by atoms with Gasteiger partial charge in [-0.15, -0.1) is 23.5 Å². The Balaban J connectivity index is 2.09. The number of phenolic OH excluding ortho intramolecular Hbond substituents is 1. The molecule has 0 unspecified atom stereocenters. The van der Waals surface area contributed by atoms with E-state index in [9.17, 15) is 9.90 Å². The Labute approximate surface area is 203 Å². The number of hydrogen-bond donors (Lipinski definition) is 1. The Morgan fingerprint density at radius 3 is 2.55 bits per heavy atom. The molecule has 0 saturated carbocycles. The molecule has 33 heavy (non-hydrogen) atoms. The van der Waals surface area contributed by atoms with Gasteiger partial charge < -0.3 is 24.1 Å². The summed E-state index contributed by atoms with van der Waals surface area (Å²) in [5.74, 6) is 3.22. The molecule has 4 rings (SSSR count). The van der Waals surface area contributed by atoms with Crippen molar-refractivity contribution in [3.63, 3.8) is 0 Å². The smallest absolute Gasteiger partial charge is 0.308 e. The number of para-hydroxylation sites is 1. The molecule has 0 aliphatic carbocycles. The van der Waals surface area contributed by atoms with Crippen LogP contribution in [0.3, 0.4) is 0 Å². The molecule has 0 bridgehead atoms. The molecule has 0 aromatic heterocycles. The highest BCUT2D eigenvalue weighted by Gasteiger charge is 2.47. The summed E-state index contributed by atoms with van der Waals surface area (Å²) in [5.41, 5.74) is 2.21. The van der Waals surface area contributed by atoms with Gasteiger partial charge in [-0.3, -0.25) is 4.79 Å². The number of benzene rings is 2. The third kappa shape index (κ3) is 4.47. The first-order valence-corrected chi connectivity index (χ1v) is 13.2. The predicted octanol–water partition coefficient (Wildman–Crippen LogP) is 5.51. The van der Waals surface area contributed by atoms with Crippen molar-refractivity contribution < 1.29 is 28.8 Å². The van der Waals surface area contributed by atoms with Crippen LogP contribution in [-0.2, 0) is 15.3 Å². The zero-order valence-electron chi connectivity index (χ0n) is 19.4. The molecule has 8 heteroatoms. The Kier molecular flexibility index (Phi) is 7.24. The molecule has 2 aromatic carbocycles. The van der Waals surface area contributed by atoms with E-state index in [0.29, 0.717) is 35.7 Å². The average molecular weight is 491 g/mol. The first-order valence-electron chi connectivity index (χ1n) is 11.2. The highest BCUT2D eigenvalue weighted by Crippen LogP contribution is 2.65. The summed E-state index contributed by atoms with van der Waals surface area (Å²) in [5, 5.41) is 11.8. The number of methoxy groups -OCH3 is 1. The lowest BCUT2D eigenvalue weighted by molar-refractivity contribution is -0.132. The van der Waals surface area contributed by atoms with Gasteiger partial charge in [0.05, 0.1) is 25.4 Å². The third-order valence-electron chi connectivity index (χ3n) is 5.54. The van der Waals surface area contributed by atoms with Gasteiger partial charge in [-0.2, -0.15) is 0 Å². The van der Waals surface area contributed by atoms with Gasteiger partial charge in [-0.25, -0.2) is 0 Å². The molecular formula is C25H30O6S2. The lowest BCUT2D eigenvalue weighted by atomic mass is 9.94. The van der Waals surface area contributed by atoms with Crippen molar-refractivity contribution in [1.29, 1.82) is 0 Å². The SMILES string of the molecule is COc1ccccc1C1(c2c(O)c3c(c(OC(C)=O)c2OC(C)C)OCCC3)SCCCS1. The fraction of sp³-hybridized carbons (Fsp3) is 0.480. The summed E-state index contributed by atoms with van der Waals surface area (Å²) < 4.78 is 23.0. The summed E-state index contributed by atoms with van der Waals surface area (Å²) in [6.07, 6.45) is 2.23. The van der Waals surface area contributed by atoms with Crippen molar-refractivity contribution in [2.45, 2.75) is 50.2 Å². The van der Waals surface area contributed by atoms with Crippen molar-refractivity contribution in [2.24, 2.45) is 0 Å². The highest BCUT2D eigenvalue weighted by molar-refractivity contribution is 8.18. The van der Waals surface area contributed by atoms with Gasteiger partial charge in [0.2, 0.25) is 5.75 Å². The van der Waals surface area contributed by atoms with E-state index in [2.05, 4.69) is 0 Å². The number of esters is 1. The van der Waals surface area contributed by atoms with Crippen LogP contribution in [-0.4, -0.2) is 42.4 Å². The second-order valence-corrected chi connectivity index (χ2v) is 11.1. The lowest BCUT2D eigenvalue weighted by Crippen LogP contribution is -2.28. The van der Waals surface area contributed by atoms with Crippen LogP contribution in [0.25, 0.3) is 0 Å². The van der Waals surface area contributed by atoms with E-state index in [1.54, 1.807) is 30.6 Å². The van der Waals surface area contributed by atoms with E-state index in [0.717, 1.165) is 35.7 Å². The van der Waals surface area contributed by atoms with Crippen LogP contribution in [0, 0.1) is 0 Å². The van der Waals surface area contributed by atoms with Gasteiger partial charge in [-0.05, 0) is 50.7 Å². The standard InChI is InChI=1S/C25H30O6S2/c1-15(2)30-23-20(21(27)17-9-7-12-29-22(17)24(23)31-16(3)26)25(32-13-8-14-33-25)18-10-5-6-11-19(18)28-4/h5-6,10-11,15,27H,7-9,12-14H2,1-4H3. The Bertz CT molecular complexity index is 1030. The molecule has 0 atom stereocenters. The minimum atomic E-state index is -0.708. The van der Waals surface area contributed by atoms with Crippen molar-refractivity contribution in [1.82, 2.24) is 0 Å². The maximum Gasteiger partial charge on any atom is 0.308 e. The van der Waals surface area contributed by atoms with Crippen molar-refractivity contribution >= 4 is 29.5 Å². The first kappa shape index (κ1) is 24.0. The van der Waals surface area contributed by atoms with E-state index in [-0.39, 0.29) is 17.6 Å². The van der Waals surface area contributed by atoms with Gasteiger partial charge in [0.1, 0.15) is 15.6 Å². The van der Waals surface area contributed by atoms with E-state index < -0.39 is 10.0 Å². The van der Waals surface area contributed by atoms with Gasteiger partial charge >= 0.3 is 5.97 Å². The molecule has 178 valence electrons. The number of thioether (sulfide) groups is 2. The minimum absolute atomic E-state index is 0.143. The average Bonchev–Trinajstić information content (AvgIpc) is 2.81. The molecule has 2 aromatic rings. The van der Waals surface area contributed by atoms with E-state index >= 15 is 0 Å². The molecule has 0 radical (unpaired) electrons. The Hall–Kier alpha value is -2.19. The molecule has 2 aliphatic heterocycles. The summed E-state index contributed by atoms with van der Waals surface area (Å²) in [6, 6.07) is 7.87. The fourth-order valence-electron chi connectivity index (χ4n) is 4.30. The number of rotatable bonds is 6. The van der Waals surface area contributed by atoms with E-state index in [1.165, 1.54) is 6.92 Å². The normalized spacial score (nSPS) is 17.1. The predicted molar refractivity (Wildman–Crippen MR) is 132 cm³/mol. The zero-order chi connectivity index (χ0) is 23.6. The van der Waals surface area contributed by atoms with Crippen LogP contribution >= 0.6 is 23.5 Å². The number of phenols is 1. The monoisotopic (exact) mass is 490 g/mol. The van der Waals surface area contributed by atoms with Crippen molar-refractivity contribution in [2.75, 3.05) is 25.2 Å². The minimum Gasteiger partial charge on any atom is -0.507 e. The van der Waals surface area contributed by atoms with Gasteiger partial charge in [-0.1, -0.05) is 18.2 Å². The number of fused-ring (bicyclic) bond motifs is 1. The molecule has 1 saturated heterocycles. The summed E-state index contributed by atoms with van der Waals surface area (Å²) in [6.45, 7) is 5.68. The summed E-state index contributed by atoms with van der Waals surface area (Å²) >= 11 is 3.48. The van der Waals surface area contributed by atoms with Crippen LogP contribution < -0.4 is 18.9 Å². The molecule has 0 amide bonds. The number of carbonyl (C=O) groups is 1. The Morgan fingerprint density at radius 2 is 1.88 bits per heavy atom. The van der Waals surface area contributed by atoms with E-state index in [1.807, 2.05) is 38.1 Å². The summed E-state index contributed by atoms with van der Waals surface area (Å²) in [4.78, 5) is 12.1. The van der Waals surface area contributed by atoms with Crippen LogP contribution in [0.4, 0.5) is 0 Å². The largest absolute Gasteiger partial charge is 0.507 e. The number of ether oxygens (including phenoxy) is 4. The van der Waals surface area contributed by atoms with Gasteiger partial charge in [0.15, 0.2) is 11.5 Å². The summed E-state index contributed by atoms with van der Waals surface area (Å²) in [7, 11) is 1.65. The number of aromatic hydroxyl groups is 1. The molecule has 6 nitrogen and oxygen atoms in total. The van der Waals surface area contributed by atoms with Gasteiger partial charge in [0.25, 0.3) is 0 Å². The van der Waals surface area contributed by atoms with Crippen LogP contribution in [0.5, 0.6) is 28.7 Å². The van der Waals surface area contributed by atoms with E-state index in [4.69, 9.17) is 18.9 Å². The second kappa shape index (κ2) is 9.97. The molecule has 1 fully saturated rings. The fourth-order valence-corrected chi connectivity index (χ4v) is 7.78. The lowest BCUT2D eigenvalue weighted by Gasteiger charge is -2.40. The molecule has 2 heterocycles. The maximum absolute atomic E-state index is 12.1.